The van der Waals surface area contributed by atoms with Crippen LogP contribution in [-0.4, -0.2) is 17.6 Å². The van der Waals surface area contributed by atoms with Crippen LogP contribution in [0.3, 0.4) is 0 Å². The second-order valence-corrected chi connectivity index (χ2v) is 4.76. The summed E-state index contributed by atoms with van der Waals surface area (Å²) in [6.07, 6.45) is 4.32. The molecule has 3 nitrogen and oxygen atoms in total. The molecule has 1 aromatic carbocycles. The molecule has 2 atom stereocenters. The van der Waals surface area contributed by atoms with E-state index < -0.39 is 0 Å². The van der Waals surface area contributed by atoms with Crippen LogP contribution in [0.4, 0.5) is 4.39 Å². The SMILES string of the molecule is N[C@@H]1CCO[C@H]1c1cncc(-c2ccc(F)cc2)c1. The van der Waals surface area contributed by atoms with Crippen molar-refractivity contribution in [1.82, 2.24) is 4.98 Å². The zero-order valence-electron chi connectivity index (χ0n) is 10.4. The summed E-state index contributed by atoms with van der Waals surface area (Å²) in [5.41, 5.74) is 8.87. The Hall–Kier alpha value is -1.78. The summed E-state index contributed by atoms with van der Waals surface area (Å²) < 4.78 is 18.6. The number of benzene rings is 1. The third-order valence-corrected chi connectivity index (χ3v) is 3.40. The van der Waals surface area contributed by atoms with Crippen molar-refractivity contribution in [3.8, 4) is 11.1 Å². The third kappa shape index (κ3) is 2.50. The predicted octanol–water partition coefficient (Wildman–Crippen LogP) is 2.68. The van der Waals surface area contributed by atoms with E-state index in [1.807, 2.05) is 6.07 Å². The molecule has 1 fully saturated rings. The van der Waals surface area contributed by atoms with Crippen LogP contribution in [-0.2, 0) is 4.74 Å². The number of aromatic nitrogens is 1. The number of nitrogens with zero attached hydrogens (tertiary/aromatic N) is 1. The molecule has 4 heteroatoms. The number of hydrogen-bond acceptors (Lipinski definition) is 3. The molecular formula is C15H15FN2O. The number of ether oxygens (including phenoxy) is 1. The Morgan fingerprint density at radius 2 is 1.95 bits per heavy atom. The van der Waals surface area contributed by atoms with Gasteiger partial charge in [0.2, 0.25) is 0 Å². The Morgan fingerprint density at radius 1 is 1.16 bits per heavy atom. The minimum Gasteiger partial charge on any atom is -0.372 e. The Labute approximate surface area is 111 Å². The van der Waals surface area contributed by atoms with Gasteiger partial charge in [-0.25, -0.2) is 4.39 Å². The highest BCUT2D eigenvalue weighted by molar-refractivity contribution is 5.63. The highest BCUT2D eigenvalue weighted by atomic mass is 19.1. The van der Waals surface area contributed by atoms with E-state index in [-0.39, 0.29) is 18.0 Å². The van der Waals surface area contributed by atoms with Crippen LogP contribution in [0.2, 0.25) is 0 Å². The highest BCUT2D eigenvalue weighted by Crippen LogP contribution is 2.30. The molecule has 2 N–H and O–H groups in total. The van der Waals surface area contributed by atoms with Crippen molar-refractivity contribution in [2.24, 2.45) is 5.73 Å². The van der Waals surface area contributed by atoms with Gasteiger partial charge in [-0.15, -0.1) is 0 Å². The van der Waals surface area contributed by atoms with Crippen LogP contribution in [0.15, 0.2) is 42.7 Å². The summed E-state index contributed by atoms with van der Waals surface area (Å²) in [5.74, 6) is -0.242. The second-order valence-electron chi connectivity index (χ2n) is 4.76. The average molecular weight is 258 g/mol. The third-order valence-electron chi connectivity index (χ3n) is 3.40. The van der Waals surface area contributed by atoms with Gasteiger partial charge in [0.1, 0.15) is 5.82 Å². The second kappa shape index (κ2) is 5.07. The lowest BCUT2D eigenvalue weighted by molar-refractivity contribution is 0.105. The molecule has 1 aromatic heterocycles. The smallest absolute Gasteiger partial charge is 0.123 e. The van der Waals surface area contributed by atoms with Crippen molar-refractivity contribution in [3.63, 3.8) is 0 Å². The normalized spacial score (nSPS) is 22.6. The minimum absolute atomic E-state index is 0.0188. The van der Waals surface area contributed by atoms with Crippen LogP contribution >= 0.6 is 0 Å². The molecule has 0 radical (unpaired) electrons. The van der Waals surface area contributed by atoms with Gasteiger partial charge in [0, 0.05) is 36.2 Å². The first kappa shape index (κ1) is 12.3. The minimum atomic E-state index is -0.242. The van der Waals surface area contributed by atoms with E-state index in [0.29, 0.717) is 6.61 Å². The molecule has 0 aliphatic carbocycles. The molecule has 0 unspecified atom stereocenters. The average Bonchev–Trinajstić information content (AvgIpc) is 2.86. The summed E-state index contributed by atoms with van der Waals surface area (Å²) in [6.45, 7) is 0.687. The quantitative estimate of drug-likeness (QED) is 0.901. The van der Waals surface area contributed by atoms with Crippen molar-refractivity contribution < 1.29 is 9.13 Å². The van der Waals surface area contributed by atoms with Gasteiger partial charge in [-0.1, -0.05) is 12.1 Å². The summed E-state index contributed by atoms with van der Waals surface area (Å²) >= 11 is 0. The molecule has 2 aromatic rings. The van der Waals surface area contributed by atoms with E-state index in [1.54, 1.807) is 24.5 Å². The highest BCUT2D eigenvalue weighted by Gasteiger charge is 2.26. The van der Waals surface area contributed by atoms with Crippen molar-refractivity contribution in [2.45, 2.75) is 18.6 Å². The predicted molar refractivity (Wildman–Crippen MR) is 70.9 cm³/mol. The molecular weight excluding hydrogens is 243 g/mol. The van der Waals surface area contributed by atoms with Crippen LogP contribution in [0, 0.1) is 5.82 Å². The van der Waals surface area contributed by atoms with Gasteiger partial charge in [-0.05, 0) is 30.2 Å². The lowest BCUT2D eigenvalue weighted by Gasteiger charge is -2.15. The van der Waals surface area contributed by atoms with E-state index >= 15 is 0 Å². The lowest BCUT2D eigenvalue weighted by Crippen LogP contribution is -2.23. The topological polar surface area (TPSA) is 48.1 Å². The number of nitrogens with two attached hydrogens (primary N) is 1. The first-order valence-corrected chi connectivity index (χ1v) is 6.32. The van der Waals surface area contributed by atoms with Gasteiger partial charge in [-0.3, -0.25) is 4.98 Å². The van der Waals surface area contributed by atoms with Crippen LogP contribution < -0.4 is 5.73 Å². The van der Waals surface area contributed by atoms with Gasteiger partial charge < -0.3 is 10.5 Å². The Balaban J connectivity index is 1.93. The standard InChI is InChI=1S/C15H15FN2O/c16-13-3-1-10(2-4-13)11-7-12(9-18-8-11)15-14(17)5-6-19-15/h1-4,7-9,14-15H,5-6,17H2/t14-,15+/m1/s1. The van der Waals surface area contributed by atoms with Gasteiger partial charge in [0.15, 0.2) is 0 Å². The maximum Gasteiger partial charge on any atom is 0.123 e. The van der Waals surface area contributed by atoms with E-state index in [9.17, 15) is 4.39 Å². The number of pyridine rings is 1. The van der Waals surface area contributed by atoms with Gasteiger partial charge in [0.05, 0.1) is 6.10 Å². The van der Waals surface area contributed by atoms with Gasteiger partial charge >= 0.3 is 0 Å². The molecule has 1 aliphatic heterocycles. The fourth-order valence-corrected chi connectivity index (χ4v) is 2.36. The summed E-state index contributed by atoms with van der Waals surface area (Å²) in [7, 11) is 0. The Morgan fingerprint density at radius 3 is 2.63 bits per heavy atom. The Kier molecular flexibility index (Phi) is 3.27. The monoisotopic (exact) mass is 258 g/mol. The molecule has 1 aliphatic rings. The molecule has 1 saturated heterocycles. The van der Waals surface area contributed by atoms with E-state index in [0.717, 1.165) is 23.1 Å². The van der Waals surface area contributed by atoms with E-state index in [1.165, 1.54) is 12.1 Å². The number of rotatable bonds is 2. The van der Waals surface area contributed by atoms with Crippen LogP contribution in [0.25, 0.3) is 11.1 Å². The zero-order valence-corrected chi connectivity index (χ0v) is 10.4. The summed E-state index contributed by atoms with van der Waals surface area (Å²) in [4.78, 5) is 4.23. The molecule has 98 valence electrons. The molecule has 3 rings (SSSR count). The fourth-order valence-electron chi connectivity index (χ4n) is 2.36. The first-order valence-electron chi connectivity index (χ1n) is 6.32. The van der Waals surface area contributed by atoms with Gasteiger partial charge in [0.25, 0.3) is 0 Å². The van der Waals surface area contributed by atoms with E-state index in [4.69, 9.17) is 10.5 Å². The summed E-state index contributed by atoms with van der Waals surface area (Å²) in [6, 6.07) is 8.40. The summed E-state index contributed by atoms with van der Waals surface area (Å²) in [5, 5.41) is 0. The fraction of sp³-hybridized carbons (Fsp3) is 0.267. The lowest BCUT2D eigenvalue weighted by atomic mass is 10.0. The van der Waals surface area contributed by atoms with Crippen molar-refractivity contribution in [2.75, 3.05) is 6.61 Å². The Bertz CT molecular complexity index is 571. The number of halogens is 1. The molecule has 0 bridgehead atoms. The van der Waals surface area contributed by atoms with Crippen LogP contribution in [0.1, 0.15) is 18.1 Å². The first-order chi connectivity index (χ1) is 9.24. The maximum atomic E-state index is 12.9. The largest absolute Gasteiger partial charge is 0.372 e. The van der Waals surface area contributed by atoms with Crippen molar-refractivity contribution >= 4 is 0 Å². The molecule has 0 spiro atoms. The molecule has 19 heavy (non-hydrogen) atoms. The molecule has 2 heterocycles. The zero-order chi connectivity index (χ0) is 13.2. The van der Waals surface area contributed by atoms with Crippen LogP contribution in [0.5, 0.6) is 0 Å². The maximum absolute atomic E-state index is 12.9. The van der Waals surface area contributed by atoms with Gasteiger partial charge in [-0.2, -0.15) is 0 Å². The molecule has 0 amide bonds. The number of hydrogen-bond donors (Lipinski definition) is 1. The van der Waals surface area contributed by atoms with E-state index in [2.05, 4.69) is 4.98 Å². The van der Waals surface area contributed by atoms with Crippen molar-refractivity contribution in [1.29, 1.82) is 0 Å². The van der Waals surface area contributed by atoms with Crippen molar-refractivity contribution in [3.05, 3.63) is 54.1 Å². The molecule has 0 saturated carbocycles.